The van der Waals surface area contributed by atoms with E-state index in [1.54, 1.807) is 24.3 Å². The molecule has 1 aromatic heterocycles. The predicted molar refractivity (Wildman–Crippen MR) is 85.4 cm³/mol. The lowest BCUT2D eigenvalue weighted by molar-refractivity contribution is -0.128. The fourth-order valence-electron chi connectivity index (χ4n) is 2.17. The number of aromatic hydroxyl groups is 1. The number of ether oxygens (including phenoxy) is 1. The normalized spacial score (nSPS) is 10.4. The lowest BCUT2D eigenvalue weighted by atomic mass is 10.1. The second-order valence-corrected chi connectivity index (χ2v) is 4.76. The van der Waals surface area contributed by atoms with Gasteiger partial charge in [0.15, 0.2) is 5.76 Å². The first kappa shape index (κ1) is 14.6. The Morgan fingerprint density at radius 1 is 1.17 bits per heavy atom. The monoisotopic (exact) mass is 308 g/mol. The topological polar surface area (TPSA) is 76.7 Å². The number of esters is 1. The van der Waals surface area contributed by atoms with Gasteiger partial charge in [0.2, 0.25) is 11.2 Å². The van der Waals surface area contributed by atoms with Gasteiger partial charge in [0.25, 0.3) is 0 Å². The van der Waals surface area contributed by atoms with Gasteiger partial charge < -0.3 is 14.3 Å². The molecule has 114 valence electrons. The van der Waals surface area contributed by atoms with Gasteiger partial charge in [0, 0.05) is 11.6 Å². The third kappa shape index (κ3) is 2.72. The summed E-state index contributed by atoms with van der Waals surface area (Å²) in [5, 5.41) is 10.3. The number of rotatable bonds is 3. The predicted octanol–water partition coefficient (Wildman–Crippen LogP) is 3.26. The molecule has 0 aliphatic carbocycles. The van der Waals surface area contributed by atoms with E-state index in [1.807, 2.05) is 6.07 Å². The van der Waals surface area contributed by atoms with Crippen LogP contribution < -0.4 is 10.2 Å². The van der Waals surface area contributed by atoms with Crippen LogP contribution in [0.5, 0.6) is 11.5 Å². The van der Waals surface area contributed by atoms with Gasteiger partial charge in [-0.15, -0.1) is 0 Å². The molecule has 0 atom stereocenters. The Labute approximate surface area is 131 Å². The summed E-state index contributed by atoms with van der Waals surface area (Å²) in [7, 11) is 0. The zero-order valence-electron chi connectivity index (χ0n) is 12.0. The number of hydrogen-bond donors (Lipinski definition) is 1. The van der Waals surface area contributed by atoms with Gasteiger partial charge in [-0.05, 0) is 18.2 Å². The fourth-order valence-corrected chi connectivity index (χ4v) is 2.17. The summed E-state index contributed by atoms with van der Waals surface area (Å²) in [6.45, 7) is 3.30. The Hall–Kier alpha value is -3.34. The highest BCUT2D eigenvalue weighted by Crippen LogP contribution is 2.30. The summed E-state index contributed by atoms with van der Waals surface area (Å²) in [5.41, 5.74) is 0.276. The van der Waals surface area contributed by atoms with Gasteiger partial charge >= 0.3 is 5.97 Å². The minimum absolute atomic E-state index is 0.0962. The van der Waals surface area contributed by atoms with E-state index in [2.05, 4.69) is 6.58 Å². The van der Waals surface area contributed by atoms with E-state index < -0.39 is 17.1 Å². The summed E-state index contributed by atoms with van der Waals surface area (Å²) >= 11 is 0. The van der Waals surface area contributed by atoms with Crippen molar-refractivity contribution in [1.29, 1.82) is 0 Å². The average Bonchev–Trinajstić information content (AvgIpc) is 2.59. The third-order valence-corrected chi connectivity index (χ3v) is 3.26. The zero-order valence-corrected chi connectivity index (χ0v) is 12.0. The van der Waals surface area contributed by atoms with Crippen molar-refractivity contribution in [1.82, 2.24) is 0 Å². The van der Waals surface area contributed by atoms with E-state index in [4.69, 9.17) is 9.15 Å². The number of fused-ring (bicyclic) bond motifs is 1. The summed E-state index contributed by atoms with van der Waals surface area (Å²) in [6.07, 6.45) is 1.02. The summed E-state index contributed by atoms with van der Waals surface area (Å²) in [4.78, 5) is 23.6. The van der Waals surface area contributed by atoms with Gasteiger partial charge in [0.05, 0.1) is 5.39 Å². The quantitative estimate of drug-likeness (QED) is 0.456. The maximum atomic E-state index is 12.4. The van der Waals surface area contributed by atoms with Crippen LogP contribution >= 0.6 is 0 Å². The Balaban J connectivity index is 2.17. The lowest BCUT2D eigenvalue weighted by Crippen LogP contribution is -2.06. The molecule has 3 aromatic rings. The second kappa shape index (κ2) is 5.81. The number of carbonyl (C=O) groups is 1. The van der Waals surface area contributed by atoms with Crippen LogP contribution in [0.4, 0.5) is 0 Å². The van der Waals surface area contributed by atoms with Gasteiger partial charge in [0.1, 0.15) is 11.3 Å². The fraction of sp³-hybridized carbons (Fsp3) is 0. The number of carbonyl (C=O) groups excluding carboxylic acids is 1. The van der Waals surface area contributed by atoms with E-state index in [-0.39, 0.29) is 22.5 Å². The van der Waals surface area contributed by atoms with Crippen LogP contribution in [0.1, 0.15) is 0 Å². The van der Waals surface area contributed by atoms with Crippen LogP contribution in [-0.4, -0.2) is 11.1 Å². The zero-order chi connectivity index (χ0) is 16.4. The van der Waals surface area contributed by atoms with E-state index in [0.717, 1.165) is 6.08 Å². The van der Waals surface area contributed by atoms with Crippen LogP contribution in [0, 0.1) is 0 Å². The maximum Gasteiger partial charge on any atom is 0.335 e. The van der Waals surface area contributed by atoms with Crippen molar-refractivity contribution in [3.05, 3.63) is 71.4 Å². The Morgan fingerprint density at radius 3 is 2.61 bits per heavy atom. The molecule has 0 unspecified atom stereocenters. The van der Waals surface area contributed by atoms with Gasteiger partial charge in [-0.25, -0.2) is 4.79 Å². The van der Waals surface area contributed by atoms with Crippen molar-refractivity contribution in [2.45, 2.75) is 0 Å². The van der Waals surface area contributed by atoms with Gasteiger partial charge in [-0.2, -0.15) is 0 Å². The van der Waals surface area contributed by atoms with Crippen molar-refractivity contribution in [3.8, 4) is 22.8 Å². The lowest BCUT2D eigenvalue weighted by Gasteiger charge is -2.07. The Morgan fingerprint density at radius 2 is 1.91 bits per heavy atom. The molecule has 0 aliphatic heterocycles. The molecule has 5 heteroatoms. The Bertz CT molecular complexity index is 954. The second-order valence-electron chi connectivity index (χ2n) is 4.76. The molecule has 0 bridgehead atoms. The highest BCUT2D eigenvalue weighted by Gasteiger charge is 2.16. The molecule has 0 amide bonds. The summed E-state index contributed by atoms with van der Waals surface area (Å²) < 4.78 is 10.6. The van der Waals surface area contributed by atoms with Crippen molar-refractivity contribution < 1.29 is 19.1 Å². The average molecular weight is 308 g/mol. The molecule has 0 saturated heterocycles. The van der Waals surface area contributed by atoms with E-state index in [0.29, 0.717) is 5.56 Å². The van der Waals surface area contributed by atoms with Crippen LogP contribution in [-0.2, 0) is 4.79 Å². The molecule has 1 N–H and O–H groups in total. The molecule has 2 aromatic carbocycles. The maximum absolute atomic E-state index is 12.4. The molecular formula is C18H12O5. The smallest absolute Gasteiger partial charge is 0.335 e. The van der Waals surface area contributed by atoms with Crippen LogP contribution in [0.15, 0.2) is 70.4 Å². The minimum atomic E-state index is -0.640. The van der Waals surface area contributed by atoms with Crippen LogP contribution in [0.2, 0.25) is 0 Å². The van der Waals surface area contributed by atoms with Crippen LogP contribution in [0.25, 0.3) is 22.3 Å². The SMILES string of the molecule is C=CC(=O)Oc1ccc2oc(-c3ccccc3)c(O)c(=O)c2c1. The number of hydrogen-bond acceptors (Lipinski definition) is 5. The molecule has 0 radical (unpaired) electrons. The number of benzene rings is 2. The van der Waals surface area contributed by atoms with Crippen molar-refractivity contribution in [2.75, 3.05) is 0 Å². The van der Waals surface area contributed by atoms with Gasteiger partial charge in [-0.1, -0.05) is 36.9 Å². The van der Waals surface area contributed by atoms with Crippen molar-refractivity contribution >= 4 is 16.9 Å². The first-order valence-electron chi connectivity index (χ1n) is 6.79. The molecule has 0 saturated carbocycles. The van der Waals surface area contributed by atoms with Crippen molar-refractivity contribution in [3.63, 3.8) is 0 Å². The molecular weight excluding hydrogens is 296 g/mol. The first-order valence-corrected chi connectivity index (χ1v) is 6.79. The first-order chi connectivity index (χ1) is 11.1. The highest BCUT2D eigenvalue weighted by atomic mass is 16.5. The summed E-state index contributed by atoms with van der Waals surface area (Å²) in [6, 6.07) is 13.2. The summed E-state index contributed by atoms with van der Waals surface area (Å²) in [5.74, 6) is -0.865. The van der Waals surface area contributed by atoms with Crippen molar-refractivity contribution in [2.24, 2.45) is 0 Å². The molecule has 23 heavy (non-hydrogen) atoms. The molecule has 1 heterocycles. The molecule has 0 aliphatic rings. The van der Waals surface area contributed by atoms with Crippen LogP contribution in [0.3, 0.4) is 0 Å². The van der Waals surface area contributed by atoms with E-state index in [9.17, 15) is 14.7 Å². The van der Waals surface area contributed by atoms with Gasteiger partial charge in [-0.3, -0.25) is 4.79 Å². The van der Waals surface area contributed by atoms with E-state index in [1.165, 1.54) is 18.2 Å². The highest BCUT2D eigenvalue weighted by molar-refractivity contribution is 5.86. The largest absolute Gasteiger partial charge is 0.502 e. The molecule has 0 spiro atoms. The standard InChI is InChI=1S/C18H12O5/c1-2-15(19)22-12-8-9-14-13(10-12)16(20)17(21)18(23-14)11-6-4-3-5-7-11/h2-10,21H,1H2. The van der Waals surface area contributed by atoms with E-state index >= 15 is 0 Å². The minimum Gasteiger partial charge on any atom is -0.502 e. The molecule has 5 nitrogen and oxygen atoms in total. The molecule has 0 fully saturated rings. The third-order valence-electron chi connectivity index (χ3n) is 3.26. The molecule has 3 rings (SSSR count). The Kier molecular flexibility index (Phi) is 3.68.